The summed E-state index contributed by atoms with van der Waals surface area (Å²) < 4.78 is 0. The van der Waals surface area contributed by atoms with E-state index in [0.717, 1.165) is 12.8 Å². The van der Waals surface area contributed by atoms with Gasteiger partial charge in [-0.1, -0.05) is 38.2 Å². The molecule has 1 heteroatoms. The van der Waals surface area contributed by atoms with Crippen molar-refractivity contribution in [2.45, 2.75) is 71.1 Å². The Bertz CT molecular complexity index is 288. The summed E-state index contributed by atoms with van der Waals surface area (Å²) in [5.41, 5.74) is 2.76. The third-order valence-corrected chi connectivity index (χ3v) is 4.05. The lowest BCUT2D eigenvalue weighted by atomic mass is 9.79. The van der Waals surface area contributed by atoms with Crippen LogP contribution in [-0.4, -0.2) is 5.78 Å². The third-order valence-electron chi connectivity index (χ3n) is 4.05. The van der Waals surface area contributed by atoms with E-state index in [1.165, 1.54) is 62.5 Å². The van der Waals surface area contributed by atoms with Crippen molar-refractivity contribution in [3.05, 3.63) is 11.1 Å². The highest BCUT2D eigenvalue weighted by molar-refractivity contribution is 5.97. The van der Waals surface area contributed by atoms with Gasteiger partial charge in [-0.05, 0) is 43.6 Å². The fourth-order valence-corrected chi connectivity index (χ4v) is 3.17. The highest BCUT2D eigenvalue weighted by Gasteiger charge is 2.24. The lowest BCUT2D eigenvalue weighted by molar-refractivity contribution is -0.117. The van der Waals surface area contributed by atoms with Gasteiger partial charge >= 0.3 is 0 Å². The minimum absolute atomic E-state index is 0.467. The summed E-state index contributed by atoms with van der Waals surface area (Å²) in [6.07, 6.45) is 12.3. The molecule has 0 aromatic carbocycles. The lowest BCUT2D eigenvalue weighted by Crippen LogP contribution is -2.18. The molecule has 0 amide bonds. The van der Waals surface area contributed by atoms with Crippen molar-refractivity contribution in [3.8, 4) is 0 Å². The Morgan fingerprint density at radius 3 is 2.25 bits per heavy atom. The van der Waals surface area contributed by atoms with E-state index in [9.17, 15) is 4.79 Å². The maximum atomic E-state index is 12.0. The summed E-state index contributed by atoms with van der Waals surface area (Å²) in [4.78, 5) is 12.0. The molecule has 0 saturated heterocycles. The van der Waals surface area contributed by atoms with Gasteiger partial charge in [0.2, 0.25) is 0 Å². The van der Waals surface area contributed by atoms with Gasteiger partial charge in [0.25, 0.3) is 0 Å². The standard InChI is InChI=1S/C15H24O/c1-12-10-13-8-6-4-2-3-5-7-9-14(13)15(16)11-12/h12H,2-11H2,1H3/t12-/m0/s1. The van der Waals surface area contributed by atoms with E-state index in [4.69, 9.17) is 0 Å². The molecule has 0 saturated carbocycles. The molecular weight excluding hydrogens is 196 g/mol. The second-order valence-electron chi connectivity index (χ2n) is 5.64. The Labute approximate surface area is 99.3 Å². The highest BCUT2D eigenvalue weighted by Crippen LogP contribution is 2.33. The minimum atomic E-state index is 0.467. The largest absolute Gasteiger partial charge is 0.295 e. The molecule has 0 aliphatic heterocycles. The van der Waals surface area contributed by atoms with Crippen molar-refractivity contribution < 1.29 is 4.79 Å². The topological polar surface area (TPSA) is 17.1 Å². The fraction of sp³-hybridized carbons (Fsp3) is 0.800. The van der Waals surface area contributed by atoms with Crippen LogP contribution in [0.4, 0.5) is 0 Å². The van der Waals surface area contributed by atoms with E-state index in [2.05, 4.69) is 6.92 Å². The molecule has 90 valence electrons. The first-order chi connectivity index (χ1) is 7.77. The van der Waals surface area contributed by atoms with Crippen molar-refractivity contribution >= 4 is 5.78 Å². The maximum Gasteiger partial charge on any atom is 0.159 e. The zero-order valence-electron chi connectivity index (χ0n) is 10.6. The molecule has 0 fully saturated rings. The van der Waals surface area contributed by atoms with Crippen molar-refractivity contribution in [2.75, 3.05) is 0 Å². The van der Waals surface area contributed by atoms with E-state index in [1.807, 2.05) is 0 Å². The van der Waals surface area contributed by atoms with Gasteiger partial charge in [0.1, 0.15) is 0 Å². The van der Waals surface area contributed by atoms with Crippen LogP contribution in [0.2, 0.25) is 0 Å². The number of carbonyl (C=O) groups is 1. The van der Waals surface area contributed by atoms with E-state index in [-0.39, 0.29) is 0 Å². The molecule has 2 aliphatic carbocycles. The first-order valence-electron chi connectivity index (χ1n) is 7.01. The van der Waals surface area contributed by atoms with Gasteiger partial charge in [-0.2, -0.15) is 0 Å². The van der Waals surface area contributed by atoms with E-state index >= 15 is 0 Å². The van der Waals surface area contributed by atoms with Crippen LogP contribution in [0.25, 0.3) is 0 Å². The van der Waals surface area contributed by atoms with Gasteiger partial charge in [-0.25, -0.2) is 0 Å². The number of Topliss-reactive ketones (excluding diaryl/α,β-unsaturated/α-hetero) is 1. The molecule has 0 unspecified atom stereocenters. The predicted octanol–water partition coefficient (Wildman–Crippen LogP) is 4.42. The second-order valence-corrected chi connectivity index (χ2v) is 5.64. The van der Waals surface area contributed by atoms with Gasteiger partial charge in [0.15, 0.2) is 5.78 Å². The van der Waals surface area contributed by atoms with E-state index in [0.29, 0.717) is 11.7 Å². The normalized spacial score (nSPS) is 28.8. The third kappa shape index (κ3) is 2.96. The molecule has 0 N–H and O–H groups in total. The van der Waals surface area contributed by atoms with Crippen molar-refractivity contribution in [1.29, 1.82) is 0 Å². The zero-order chi connectivity index (χ0) is 11.4. The van der Waals surface area contributed by atoms with Crippen LogP contribution in [0.5, 0.6) is 0 Å². The summed E-state index contributed by atoms with van der Waals surface area (Å²) in [5, 5.41) is 0. The summed E-state index contributed by atoms with van der Waals surface area (Å²) in [6.45, 7) is 2.22. The van der Waals surface area contributed by atoms with Crippen molar-refractivity contribution in [1.82, 2.24) is 0 Å². The quantitative estimate of drug-likeness (QED) is 0.590. The molecular formula is C15H24O. The summed E-state index contributed by atoms with van der Waals surface area (Å²) in [7, 11) is 0. The van der Waals surface area contributed by atoms with E-state index in [1.54, 1.807) is 0 Å². The second kappa shape index (κ2) is 5.65. The van der Waals surface area contributed by atoms with E-state index < -0.39 is 0 Å². The monoisotopic (exact) mass is 220 g/mol. The molecule has 2 aliphatic rings. The molecule has 0 radical (unpaired) electrons. The minimum Gasteiger partial charge on any atom is -0.295 e. The number of hydrogen-bond donors (Lipinski definition) is 0. The molecule has 0 spiro atoms. The van der Waals surface area contributed by atoms with Gasteiger partial charge in [0, 0.05) is 6.42 Å². The lowest BCUT2D eigenvalue weighted by Gasteiger charge is -2.25. The van der Waals surface area contributed by atoms with Crippen LogP contribution < -0.4 is 0 Å². The molecule has 2 rings (SSSR count). The molecule has 1 atom stereocenters. The van der Waals surface area contributed by atoms with Crippen molar-refractivity contribution in [3.63, 3.8) is 0 Å². The molecule has 0 aromatic rings. The van der Waals surface area contributed by atoms with Crippen LogP contribution in [0.15, 0.2) is 11.1 Å². The molecule has 0 heterocycles. The average Bonchev–Trinajstić information content (AvgIpc) is 2.25. The number of rotatable bonds is 0. The molecule has 16 heavy (non-hydrogen) atoms. The Morgan fingerprint density at radius 1 is 0.875 bits per heavy atom. The Hall–Kier alpha value is -0.590. The molecule has 0 aromatic heterocycles. The van der Waals surface area contributed by atoms with Crippen LogP contribution in [-0.2, 0) is 4.79 Å². The van der Waals surface area contributed by atoms with Gasteiger partial charge in [0.05, 0.1) is 0 Å². The Morgan fingerprint density at radius 2 is 1.50 bits per heavy atom. The number of ketones is 1. The Kier molecular flexibility index (Phi) is 4.20. The smallest absolute Gasteiger partial charge is 0.159 e. The average molecular weight is 220 g/mol. The first kappa shape index (κ1) is 11.9. The molecule has 1 nitrogen and oxygen atoms in total. The van der Waals surface area contributed by atoms with Crippen LogP contribution in [0, 0.1) is 5.92 Å². The number of hydrogen-bond acceptors (Lipinski definition) is 1. The van der Waals surface area contributed by atoms with Crippen molar-refractivity contribution in [2.24, 2.45) is 5.92 Å². The summed E-state index contributed by atoms with van der Waals surface area (Å²) in [6, 6.07) is 0. The highest BCUT2D eigenvalue weighted by atomic mass is 16.1. The van der Waals surface area contributed by atoms with Crippen LogP contribution >= 0.6 is 0 Å². The van der Waals surface area contributed by atoms with Gasteiger partial charge < -0.3 is 0 Å². The predicted molar refractivity (Wildman–Crippen MR) is 67.4 cm³/mol. The Balaban J connectivity index is 2.12. The van der Waals surface area contributed by atoms with Crippen LogP contribution in [0.1, 0.15) is 71.1 Å². The van der Waals surface area contributed by atoms with Gasteiger partial charge in [-0.15, -0.1) is 0 Å². The summed E-state index contributed by atoms with van der Waals surface area (Å²) >= 11 is 0. The zero-order valence-corrected chi connectivity index (χ0v) is 10.6. The molecule has 0 bridgehead atoms. The maximum absolute atomic E-state index is 12.0. The number of allylic oxidation sites excluding steroid dienone is 2. The van der Waals surface area contributed by atoms with Gasteiger partial charge in [-0.3, -0.25) is 4.79 Å². The summed E-state index contributed by atoms with van der Waals surface area (Å²) in [5.74, 6) is 1.06. The number of carbonyl (C=O) groups excluding carboxylic acids is 1. The SMILES string of the molecule is C[C@@H]1CC(=O)C2=C(CCCCCCCC2)C1. The first-order valence-corrected chi connectivity index (χ1v) is 7.01. The van der Waals surface area contributed by atoms with Crippen LogP contribution in [0.3, 0.4) is 0 Å². The fourth-order valence-electron chi connectivity index (χ4n) is 3.17.